The highest BCUT2D eigenvalue weighted by Crippen LogP contribution is 2.39. The molecule has 2 atom stereocenters. The molecule has 38 heavy (non-hydrogen) atoms. The van der Waals surface area contributed by atoms with Crippen molar-refractivity contribution in [1.82, 2.24) is 20.1 Å². The molecule has 11 heteroatoms. The highest BCUT2D eigenvalue weighted by Gasteiger charge is 2.33. The SMILES string of the molecule is Cc1sc2c(c1C)C(c1ccc(Cl)cc1)=N[C@@H](CC(=O)NC(CCCCCCN)C(=O)O)c1nnc(C)n1-2. The van der Waals surface area contributed by atoms with E-state index in [1.54, 1.807) is 11.3 Å². The van der Waals surface area contributed by atoms with E-state index in [2.05, 4.69) is 29.4 Å². The summed E-state index contributed by atoms with van der Waals surface area (Å²) in [6, 6.07) is 5.85. The van der Waals surface area contributed by atoms with Crippen molar-refractivity contribution in [2.24, 2.45) is 10.7 Å². The fraction of sp³-hybridized carbons (Fsp3) is 0.444. The van der Waals surface area contributed by atoms with E-state index < -0.39 is 24.0 Å². The number of unbranched alkanes of at least 4 members (excludes halogenated alkanes) is 3. The van der Waals surface area contributed by atoms with Gasteiger partial charge in [0.2, 0.25) is 5.91 Å². The van der Waals surface area contributed by atoms with Crippen LogP contribution in [0.5, 0.6) is 0 Å². The molecule has 0 fully saturated rings. The summed E-state index contributed by atoms with van der Waals surface area (Å²) in [4.78, 5) is 31.3. The van der Waals surface area contributed by atoms with Crippen molar-refractivity contribution in [2.75, 3.05) is 6.54 Å². The van der Waals surface area contributed by atoms with Crippen LogP contribution in [-0.4, -0.2) is 50.0 Å². The van der Waals surface area contributed by atoms with Gasteiger partial charge < -0.3 is 16.2 Å². The number of nitrogens with two attached hydrogens (primary N) is 1. The average Bonchev–Trinajstić information content (AvgIpc) is 3.35. The van der Waals surface area contributed by atoms with Crippen LogP contribution in [0.3, 0.4) is 0 Å². The third kappa shape index (κ3) is 5.98. The van der Waals surface area contributed by atoms with Gasteiger partial charge in [0, 0.05) is 21.0 Å². The number of hydrogen-bond donors (Lipinski definition) is 3. The van der Waals surface area contributed by atoms with E-state index >= 15 is 0 Å². The van der Waals surface area contributed by atoms with E-state index in [9.17, 15) is 14.7 Å². The van der Waals surface area contributed by atoms with Gasteiger partial charge >= 0.3 is 5.97 Å². The standard InChI is InChI=1S/C27H33ClN6O3S/c1-15-16(2)38-26-23(15)24(18-9-11-19(28)12-10-18)31-21(25-33-32-17(3)34(25)26)14-22(35)30-20(27(36)37)8-6-4-5-7-13-29/h9-12,20-21H,4-8,13-14,29H2,1-3H3,(H,30,35)(H,36,37)/t20?,21-/m0/s1. The number of fused-ring (bicyclic) bond motifs is 3. The lowest BCUT2D eigenvalue weighted by molar-refractivity contribution is -0.142. The monoisotopic (exact) mass is 556 g/mol. The van der Waals surface area contributed by atoms with Gasteiger partial charge in [0.1, 0.15) is 22.9 Å². The number of carbonyl (C=O) groups is 2. The van der Waals surface area contributed by atoms with Gasteiger partial charge in [0.05, 0.1) is 12.1 Å². The Morgan fingerprint density at radius 1 is 1.13 bits per heavy atom. The smallest absolute Gasteiger partial charge is 0.326 e. The molecule has 4 N–H and O–H groups in total. The van der Waals surface area contributed by atoms with Crippen molar-refractivity contribution in [3.8, 4) is 5.00 Å². The summed E-state index contributed by atoms with van der Waals surface area (Å²) in [5.74, 6) is -0.191. The number of carboxylic acid groups (broad SMARTS) is 1. The van der Waals surface area contributed by atoms with Gasteiger partial charge in [-0.1, -0.05) is 43.0 Å². The maximum atomic E-state index is 13.2. The molecule has 1 aliphatic rings. The highest BCUT2D eigenvalue weighted by atomic mass is 35.5. The molecule has 4 rings (SSSR count). The average molecular weight is 557 g/mol. The van der Waals surface area contributed by atoms with Crippen molar-refractivity contribution < 1.29 is 14.7 Å². The Hall–Kier alpha value is -3.08. The first-order valence-corrected chi connectivity index (χ1v) is 14.0. The predicted molar refractivity (Wildman–Crippen MR) is 150 cm³/mol. The van der Waals surface area contributed by atoms with Crippen molar-refractivity contribution >= 4 is 40.5 Å². The van der Waals surface area contributed by atoms with E-state index in [1.807, 2.05) is 35.8 Å². The molecule has 0 bridgehead atoms. The number of aryl methyl sites for hydroxylation is 2. The van der Waals surface area contributed by atoms with E-state index in [1.165, 1.54) is 0 Å². The normalized spacial score (nSPS) is 15.3. The fourth-order valence-corrected chi connectivity index (χ4v) is 6.01. The number of nitrogens with one attached hydrogen (secondary N) is 1. The Morgan fingerprint density at radius 3 is 2.53 bits per heavy atom. The zero-order chi connectivity index (χ0) is 27.4. The van der Waals surface area contributed by atoms with Crippen molar-refractivity contribution in [3.63, 3.8) is 0 Å². The number of amides is 1. The quantitative estimate of drug-likeness (QED) is 0.294. The van der Waals surface area contributed by atoms with Crippen LogP contribution in [0.25, 0.3) is 5.00 Å². The van der Waals surface area contributed by atoms with Gasteiger partial charge in [-0.25, -0.2) is 4.79 Å². The molecule has 0 saturated heterocycles. The second kappa shape index (κ2) is 12.2. The van der Waals surface area contributed by atoms with Crippen LogP contribution in [0.4, 0.5) is 0 Å². The second-order valence-electron chi connectivity index (χ2n) is 9.56. The summed E-state index contributed by atoms with van der Waals surface area (Å²) in [7, 11) is 0. The van der Waals surface area contributed by atoms with Gasteiger partial charge in [-0.3, -0.25) is 14.4 Å². The Balaban J connectivity index is 1.66. The zero-order valence-corrected chi connectivity index (χ0v) is 23.4. The predicted octanol–water partition coefficient (Wildman–Crippen LogP) is 4.67. The minimum absolute atomic E-state index is 0.0564. The molecule has 1 amide bonds. The lowest BCUT2D eigenvalue weighted by atomic mass is 9.99. The van der Waals surface area contributed by atoms with Crippen LogP contribution < -0.4 is 11.1 Å². The number of carboxylic acids is 1. The van der Waals surface area contributed by atoms with Gasteiger partial charge in [-0.15, -0.1) is 21.5 Å². The minimum atomic E-state index is -1.05. The highest BCUT2D eigenvalue weighted by molar-refractivity contribution is 7.15. The van der Waals surface area contributed by atoms with E-state index in [4.69, 9.17) is 22.3 Å². The third-order valence-corrected chi connectivity index (χ3v) is 8.26. The topological polar surface area (TPSA) is 135 Å². The summed E-state index contributed by atoms with van der Waals surface area (Å²) < 4.78 is 1.97. The van der Waals surface area contributed by atoms with Crippen LogP contribution in [0.1, 0.15) is 77.8 Å². The largest absolute Gasteiger partial charge is 0.480 e. The Morgan fingerprint density at radius 2 is 1.84 bits per heavy atom. The number of aliphatic imine (C=N–C) groups is 1. The molecule has 2 aromatic heterocycles. The maximum absolute atomic E-state index is 13.2. The lowest BCUT2D eigenvalue weighted by Crippen LogP contribution is -2.41. The number of nitrogens with zero attached hydrogens (tertiary/aromatic N) is 4. The van der Waals surface area contributed by atoms with Crippen LogP contribution in [0, 0.1) is 20.8 Å². The molecule has 0 radical (unpaired) electrons. The zero-order valence-electron chi connectivity index (χ0n) is 21.8. The summed E-state index contributed by atoms with van der Waals surface area (Å²) in [5.41, 5.74) is 9.23. The van der Waals surface area contributed by atoms with Crippen molar-refractivity contribution in [3.05, 3.63) is 62.5 Å². The van der Waals surface area contributed by atoms with Gasteiger partial charge in [-0.05, 0) is 57.9 Å². The molecule has 1 aliphatic heterocycles. The number of hydrogen-bond acceptors (Lipinski definition) is 7. The van der Waals surface area contributed by atoms with E-state index in [-0.39, 0.29) is 6.42 Å². The number of thiophene rings is 1. The molecule has 0 spiro atoms. The van der Waals surface area contributed by atoms with Crippen LogP contribution >= 0.6 is 22.9 Å². The van der Waals surface area contributed by atoms with Crippen molar-refractivity contribution in [2.45, 2.75) is 71.4 Å². The lowest BCUT2D eigenvalue weighted by Gasteiger charge is -2.17. The molecule has 0 saturated carbocycles. The van der Waals surface area contributed by atoms with Crippen LogP contribution in [0.2, 0.25) is 5.02 Å². The third-order valence-electron chi connectivity index (χ3n) is 6.82. The molecule has 9 nitrogen and oxygen atoms in total. The summed E-state index contributed by atoms with van der Waals surface area (Å²) >= 11 is 7.79. The number of carbonyl (C=O) groups excluding carboxylic acids is 1. The van der Waals surface area contributed by atoms with Gasteiger partial charge in [0.25, 0.3) is 0 Å². The summed E-state index contributed by atoms with van der Waals surface area (Å²) in [6.07, 6.45) is 3.73. The van der Waals surface area contributed by atoms with E-state index in [0.29, 0.717) is 36.1 Å². The molecule has 3 heterocycles. The summed E-state index contributed by atoms with van der Waals surface area (Å²) in [5, 5.41) is 22.7. The van der Waals surface area contributed by atoms with Gasteiger partial charge in [0.15, 0.2) is 5.82 Å². The first-order chi connectivity index (χ1) is 18.2. The molecular weight excluding hydrogens is 524 g/mol. The Kier molecular flexibility index (Phi) is 8.96. The van der Waals surface area contributed by atoms with Gasteiger partial charge in [-0.2, -0.15) is 0 Å². The molecule has 0 aliphatic carbocycles. The fourth-order valence-electron chi connectivity index (χ4n) is 4.67. The van der Waals surface area contributed by atoms with Crippen LogP contribution in [-0.2, 0) is 9.59 Å². The number of aliphatic carboxylic acids is 1. The maximum Gasteiger partial charge on any atom is 0.326 e. The number of halogens is 1. The first-order valence-electron chi connectivity index (χ1n) is 12.8. The van der Waals surface area contributed by atoms with Crippen LogP contribution in [0.15, 0.2) is 29.3 Å². The molecule has 202 valence electrons. The molecule has 1 unspecified atom stereocenters. The van der Waals surface area contributed by atoms with E-state index in [0.717, 1.165) is 51.5 Å². The first kappa shape index (κ1) is 27.9. The summed E-state index contributed by atoms with van der Waals surface area (Å²) in [6.45, 7) is 6.63. The Bertz CT molecular complexity index is 1350. The second-order valence-corrected chi connectivity index (χ2v) is 11.2. The number of aromatic nitrogens is 3. The number of rotatable bonds is 11. The molecule has 3 aromatic rings. The molecular formula is C27H33ClN6O3S. The Labute approximate surface area is 231 Å². The van der Waals surface area contributed by atoms with Crippen molar-refractivity contribution in [1.29, 1.82) is 0 Å². The number of benzene rings is 1. The minimum Gasteiger partial charge on any atom is -0.480 e. The molecule has 1 aromatic carbocycles.